The van der Waals surface area contributed by atoms with Crippen molar-refractivity contribution in [2.75, 3.05) is 6.54 Å². The van der Waals surface area contributed by atoms with E-state index in [1.807, 2.05) is 35.2 Å². The van der Waals surface area contributed by atoms with Crippen LogP contribution in [-0.2, 0) is 16.6 Å². The molecule has 122 valence electrons. The maximum absolute atomic E-state index is 12.2. The highest BCUT2D eigenvalue weighted by Gasteiger charge is 2.16. The number of hydrogen-bond acceptors (Lipinski definition) is 5. The lowest BCUT2D eigenvalue weighted by atomic mass is 10.3. The first-order valence-corrected chi connectivity index (χ1v) is 10.8. The molecular formula is C14H14BrN3O2S3. The maximum Gasteiger partial charge on any atom is 0.250 e. The number of hydrogen-bond donors (Lipinski definition) is 1. The normalized spacial score (nSPS) is 11.9. The van der Waals surface area contributed by atoms with Crippen molar-refractivity contribution in [2.45, 2.75) is 17.7 Å². The van der Waals surface area contributed by atoms with Gasteiger partial charge in [-0.05, 0) is 52.5 Å². The van der Waals surface area contributed by atoms with E-state index in [9.17, 15) is 8.42 Å². The van der Waals surface area contributed by atoms with Gasteiger partial charge in [-0.15, -0.1) is 22.7 Å². The standard InChI is InChI=1S/C14H14BrN3O2S3/c1-10-9-11(12-3-2-8-21-12)17-18(10)7-6-16-23(19,20)14-5-4-13(15)22-14/h2-5,8-9,16H,6-7H2,1H3. The number of sulfonamides is 1. The second-order valence-corrected chi connectivity index (χ2v) is 10.2. The molecule has 0 aromatic carbocycles. The average Bonchev–Trinajstić information content (AvgIpc) is 3.20. The maximum atomic E-state index is 12.2. The summed E-state index contributed by atoms with van der Waals surface area (Å²) in [4.78, 5) is 1.11. The predicted octanol–water partition coefficient (Wildman–Crippen LogP) is 3.72. The Morgan fingerprint density at radius 2 is 2.17 bits per heavy atom. The summed E-state index contributed by atoms with van der Waals surface area (Å²) in [5.74, 6) is 0. The molecule has 3 aromatic heterocycles. The lowest BCUT2D eigenvalue weighted by Crippen LogP contribution is -2.27. The Bertz CT molecular complexity index is 898. The zero-order chi connectivity index (χ0) is 16.4. The Kier molecular flexibility index (Phi) is 5.02. The second kappa shape index (κ2) is 6.86. The van der Waals surface area contributed by atoms with Gasteiger partial charge in [-0.2, -0.15) is 5.10 Å². The Morgan fingerprint density at radius 3 is 2.83 bits per heavy atom. The number of aryl methyl sites for hydroxylation is 1. The van der Waals surface area contributed by atoms with E-state index in [4.69, 9.17) is 0 Å². The Labute approximate surface area is 151 Å². The zero-order valence-corrected chi connectivity index (χ0v) is 16.2. The van der Waals surface area contributed by atoms with E-state index in [-0.39, 0.29) is 0 Å². The van der Waals surface area contributed by atoms with Gasteiger partial charge in [-0.1, -0.05) is 6.07 Å². The van der Waals surface area contributed by atoms with Crippen LogP contribution in [0.2, 0.25) is 0 Å². The fourth-order valence-electron chi connectivity index (χ4n) is 2.08. The van der Waals surface area contributed by atoms with Crippen molar-refractivity contribution in [1.82, 2.24) is 14.5 Å². The number of rotatable bonds is 6. The van der Waals surface area contributed by atoms with E-state index in [0.29, 0.717) is 17.3 Å². The molecule has 3 aromatic rings. The van der Waals surface area contributed by atoms with Gasteiger partial charge in [0.2, 0.25) is 10.0 Å². The lowest BCUT2D eigenvalue weighted by Gasteiger charge is -2.06. The van der Waals surface area contributed by atoms with Gasteiger partial charge in [0.15, 0.2) is 0 Å². The average molecular weight is 432 g/mol. The first-order chi connectivity index (χ1) is 11.0. The van der Waals surface area contributed by atoms with Crippen LogP contribution in [0.15, 0.2) is 43.7 Å². The van der Waals surface area contributed by atoms with Crippen LogP contribution >= 0.6 is 38.6 Å². The van der Waals surface area contributed by atoms with Crippen molar-refractivity contribution in [3.05, 3.63) is 45.2 Å². The molecule has 0 saturated heterocycles. The van der Waals surface area contributed by atoms with Gasteiger partial charge in [0.1, 0.15) is 9.90 Å². The molecule has 0 saturated carbocycles. The molecular weight excluding hydrogens is 418 g/mol. The third-order valence-electron chi connectivity index (χ3n) is 3.18. The van der Waals surface area contributed by atoms with Gasteiger partial charge in [0, 0.05) is 12.2 Å². The molecule has 0 aliphatic rings. The molecule has 5 nitrogen and oxygen atoms in total. The van der Waals surface area contributed by atoms with E-state index >= 15 is 0 Å². The first kappa shape index (κ1) is 16.8. The molecule has 0 aliphatic heterocycles. The predicted molar refractivity (Wildman–Crippen MR) is 97.5 cm³/mol. The molecule has 0 aliphatic carbocycles. The fraction of sp³-hybridized carbons (Fsp3) is 0.214. The summed E-state index contributed by atoms with van der Waals surface area (Å²) >= 11 is 6.10. The summed E-state index contributed by atoms with van der Waals surface area (Å²) in [6.45, 7) is 2.75. The van der Waals surface area contributed by atoms with Crippen molar-refractivity contribution in [3.8, 4) is 10.6 Å². The summed E-state index contributed by atoms with van der Waals surface area (Å²) < 4.78 is 29.9. The van der Waals surface area contributed by atoms with Gasteiger partial charge >= 0.3 is 0 Å². The third kappa shape index (κ3) is 3.92. The highest BCUT2D eigenvalue weighted by atomic mass is 79.9. The van der Waals surface area contributed by atoms with Crippen molar-refractivity contribution in [1.29, 1.82) is 0 Å². The molecule has 3 rings (SSSR count). The summed E-state index contributed by atoms with van der Waals surface area (Å²) in [5, 5.41) is 6.55. The minimum atomic E-state index is -3.46. The molecule has 9 heteroatoms. The molecule has 0 radical (unpaired) electrons. The fourth-order valence-corrected chi connectivity index (χ4v) is 5.84. The highest BCUT2D eigenvalue weighted by molar-refractivity contribution is 9.11. The zero-order valence-electron chi connectivity index (χ0n) is 12.2. The summed E-state index contributed by atoms with van der Waals surface area (Å²) in [6, 6.07) is 9.34. The number of aromatic nitrogens is 2. The molecule has 0 unspecified atom stereocenters. The molecule has 0 fully saturated rings. The molecule has 23 heavy (non-hydrogen) atoms. The van der Waals surface area contributed by atoms with Crippen molar-refractivity contribution >= 4 is 48.6 Å². The van der Waals surface area contributed by atoms with Crippen LogP contribution in [0.25, 0.3) is 10.6 Å². The smallest absolute Gasteiger partial charge is 0.250 e. The Morgan fingerprint density at radius 1 is 1.35 bits per heavy atom. The van der Waals surface area contributed by atoms with E-state index in [2.05, 4.69) is 25.8 Å². The number of halogens is 1. The van der Waals surface area contributed by atoms with Crippen molar-refractivity contribution in [2.24, 2.45) is 0 Å². The van der Waals surface area contributed by atoms with Gasteiger partial charge in [-0.25, -0.2) is 13.1 Å². The van der Waals surface area contributed by atoms with Crippen LogP contribution in [0.1, 0.15) is 5.69 Å². The molecule has 0 atom stereocenters. The lowest BCUT2D eigenvalue weighted by molar-refractivity contribution is 0.558. The van der Waals surface area contributed by atoms with Crippen LogP contribution in [0.5, 0.6) is 0 Å². The van der Waals surface area contributed by atoms with Crippen LogP contribution in [0.3, 0.4) is 0 Å². The molecule has 0 spiro atoms. The number of nitrogens with one attached hydrogen (secondary N) is 1. The third-order valence-corrected chi connectivity index (χ3v) is 7.65. The first-order valence-electron chi connectivity index (χ1n) is 6.79. The summed E-state index contributed by atoms with van der Waals surface area (Å²) in [7, 11) is -3.46. The van der Waals surface area contributed by atoms with Gasteiger partial charge in [-0.3, -0.25) is 4.68 Å². The van der Waals surface area contributed by atoms with Crippen LogP contribution in [0, 0.1) is 6.92 Å². The molecule has 0 bridgehead atoms. The summed E-state index contributed by atoms with van der Waals surface area (Å²) in [6.07, 6.45) is 0. The minimum absolute atomic E-state index is 0.296. The topological polar surface area (TPSA) is 64.0 Å². The monoisotopic (exact) mass is 431 g/mol. The highest BCUT2D eigenvalue weighted by Crippen LogP contribution is 2.26. The van der Waals surface area contributed by atoms with Crippen molar-refractivity contribution < 1.29 is 8.42 Å². The second-order valence-electron chi connectivity index (χ2n) is 4.83. The molecule has 1 N–H and O–H groups in total. The van der Waals surface area contributed by atoms with Gasteiger partial charge in [0.25, 0.3) is 0 Å². The van der Waals surface area contributed by atoms with Gasteiger partial charge < -0.3 is 0 Å². The number of nitrogens with zero attached hydrogens (tertiary/aromatic N) is 2. The van der Waals surface area contributed by atoms with E-state index < -0.39 is 10.0 Å². The van der Waals surface area contributed by atoms with Gasteiger partial charge in [0.05, 0.1) is 15.2 Å². The van der Waals surface area contributed by atoms with Crippen LogP contribution in [0.4, 0.5) is 0 Å². The van der Waals surface area contributed by atoms with E-state index in [1.165, 1.54) is 11.3 Å². The minimum Gasteiger partial charge on any atom is -0.268 e. The van der Waals surface area contributed by atoms with E-state index in [0.717, 1.165) is 20.1 Å². The van der Waals surface area contributed by atoms with Crippen molar-refractivity contribution in [3.63, 3.8) is 0 Å². The van der Waals surface area contributed by atoms with Crippen LogP contribution < -0.4 is 4.72 Å². The van der Waals surface area contributed by atoms with E-state index in [1.54, 1.807) is 23.5 Å². The molecule has 3 heterocycles. The Hall–Kier alpha value is -1.000. The summed E-state index contributed by atoms with van der Waals surface area (Å²) in [5.41, 5.74) is 1.93. The molecule has 0 amide bonds. The SMILES string of the molecule is Cc1cc(-c2cccs2)nn1CCNS(=O)(=O)c1ccc(Br)s1. The quantitative estimate of drug-likeness (QED) is 0.646. The van der Waals surface area contributed by atoms with Crippen LogP contribution in [-0.4, -0.2) is 24.7 Å². The Balaban J connectivity index is 1.65. The number of thiophene rings is 2. The largest absolute Gasteiger partial charge is 0.268 e.